The molecule has 1 amide bonds. The van der Waals surface area contributed by atoms with Crippen molar-refractivity contribution in [2.45, 2.75) is 12.8 Å². The Morgan fingerprint density at radius 2 is 2.00 bits per heavy atom. The van der Waals surface area contributed by atoms with Gasteiger partial charge in [0.1, 0.15) is 5.75 Å². The summed E-state index contributed by atoms with van der Waals surface area (Å²) in [4.78, 5) is 15.2. The summed E-state index contributed by atoms with van der Waals surface area (Å²) >= 11 is 0. The van der Waals surface area contributed by atoms with Crippen LogP contribution in [0.4, 0.5) is 10.5 Å². The Balaban J connectivity index is 2.08. The number of anilines is 1. The zero-order valence-electron chi connectivity index (χ0n) is 10.3. The van der Waals surface area contributed by atoms with Crippen LogP contribution in [-0.4, -0.2) is 38.2 Å². The van der Waals surface area contributed by atoms with E-state index in [0.717, 1.165) is 18.8 Å². The summed E-state index contributed by atoms with van der Waals surface area (Å²) in [6.45, 7) is 2.18. The highest BCUT2D eigenvalue weighted by atomic mass is 16.6. The van der Waals surface area contributed by atoms with Crippen molar-refractivity contribution < 1.29 is 9.53 Å². The molecule has 0 bridgehead atoms. The first-order valence-electron chi connectivity index (χ1n) is 5.91. The normalized spacial score (nSPS) is 14.8. The van der Waals surface area contributed by atoms with E-state index in [4.69, 9.17) is 4.74 Å². The number of benzene rings is 1. The summed E-state index contributed by atoms with van der Waals surface area (Å²) < 4.78 is 5.24. The van der Waals surface area contributed by atoms with Crippen molar-refractivity contribution >= 4 is 11.8 Å². The molecule has 0 atom stereocenters. The highest BCUT2D eigenvalue weighted by Gasteiger charge is 2.13. The SMILES string of the molecule is CN(C)C(=O)Oc1cccc(N2CCCC2)c1. The van der Waals surface area contributed by atoms with Gasteiger partial charge in [-0.25, -0.2) is 4.79 Å². The van der Waals surface area contributed by atoms with Gasteiger partial charge < -0.3 is 14.5 Å². The summed E-state index contributed by atoms with van der Waals surface area (Å²) in [7, 11) is 3.35. The van der Waals surface area contributed by atoms with Crippen LogP contribution in [0.1, 0.15) is 12.8 Å². The van der Waals surface area contributed by atoms with Gasteiger partial charge in [0.05, 0.1) is 0 Å². The molecule has 0 spiro atoms. The molecule has 17 heavy (non-hydrogen) atoms. The van der Waals surface area contributed by atoms with Gasteiger partial charge in [0.15, 0.2) is 0 Å². The first-order valence-corrected chi connectivity index (χ1v) is 5.91. The first kappa shape index (κ1) is 11.8. The summed E-state index contributed by atoms with van der Waals surface area (Å²) in [5, 5.41) is 0. The van der Waals surface area contributed by atoms with Gasteiger partial charge in [-0.15, -0.1) is 0 Å². The average Bonchev–Trinajstić information content (AvgIpc) is 2.82. The molecule has 1 aromatic carbocycles. The molecule has 4 heteroatoms. The van der Waals surface area contributed by atoms with E-state index < -0.39 is 0 Å². The highest BCUT2D eigenvalue weighted by Crippen LogP contribution is 2.24. The molecule has 2 rings (SSSR count). The fraction of sp³-hybridized carbons (Fsp3) is 0.462. The van der Waals surface area contributed by atoms with Crippen molar-refractivity contribution in [2.24, 2.45) is 0 Å². The highest BCUT2D eigenvalue weighted by molar-refractivity contribution is 5.70. The minimum Gasteiger partial charge on any atom is -0.410 e. The molecule has 0 N–H and O–H groups in total. The Hall–Kier alpha value is -1.71. The molecule has 1 saturated heterocycles. The van der Waals surface area contributed by atoms with E-state index >= 15 is 0 Å². The van der Waals surface area contributed by atoms with Crippen LogP contribution in [0.2, 0.25) is 0 Å². The lowest BCUT2D eigenvalue weighted by molar-refractivity contribution is 0.172. The summed E-state index contributed by atoms with van der Waals surface area (Å²) in [6, 6.07) is 7.71. The van der Waals surface area contributed by atoms with E-state index in [2.05, 4.69) is 11.0 Å². The van der Waals surface area contributed by atoms with Gasteiger partial charge in [-0.3, -0.25) is 0 Å². The molecule has 0 radical (unpaired) electrons. The Kier molecular flexibility index (Phi) is 3.52. The van der Waals surface area contributed by atoms with Crippen molar-refractivity contribution in [2.75, 3.05) is 32.1 Å². The molecule has 4 nitrogen and oxygen atoms in total. The number of hydrogen-bond acceptors (Lipinski definition) is 3. The van der Waals surface area contributed by atoms with Crippen molar-refractivity contribution in [1.82, 2.24) is 4.90 Å². The predicted octanol–water partition coefficient (Wildman–Crippen LogP) is 2.35. The molecule has 1 heterocycles. The molecule has 1 aromatic rings. The number of nitrogens with zero attached hydrogens (tertiary/aromatic N) is 2. The number of rotatable bonds is 2. The van der Waals surface area contributed by atoms with E-state index in [9.17, 15) is 4.79 Å². The van der Waals surface area contributed by atoms with Gasteiger partial charge in [0.2, 0.25) is 0 Å². The molecular formula is C13H18N2O2. The molecule has 0 unspecified atom stereocenters. The molecule has 0 aromatic heterocycles. The Morgan fingerprint density at radius 3 is 2.65 bits per heavy atom. The van der Waals surface area contributed by atoms with Crippen molar-refractivity contribution in [1.29, 1.82) is 0 Å². The number of amides is 1. The van der Waals surface area contributed by atoms with E-state index in [1.54, 1.807) is 20.2 Å². The molecule has 0 saturated carbocycles. The zero-order valence-corrected chi connectivity index (χ0v) is 10.3. The van der Waals surface area contributed by atoms with Gasteiger partial charge in [0, 0.05) is 38.9 Å². The van der Waals surface area contributed by atoms with Crippen LogP contribution in [0.15, 0.2) is 24.3 Å². The fourth-order valence-corrected chi connectivity index (χ4v) is 1.91. The number of carbonyl (C=O) groups is 1. The standard InChI is InChI=1S/C13H18N2O2/c1-14(2)13(16)17-12-7-5-6-11(10-12)15-8-3-4-9-15/h5-7,10H,3-4,8-9H2,1-2H3. The van der Waals surface area contributed by atoms with Crippen LogP contribution in [0.25, 0.3) is 0 Å². The molecule has 0 aliphatic carbocycles. The van der Waals surface area contributed by atoms with Crippen LogP contribution in [-0.2, 0) is 0 Å². The van der Waals surface area contributed by atoms with Crippen LogP contribution >= 0.6 is 0 Å². The van der Waals surface area contributed by atoms with Crippen molar-refractivity contribution in [3.63, 3.8) is 0 Å². The third-order valence-corrected chi connectivity index (χ3v) is 2.86. The number of hydrogen-bond donors (Lipinski definition) is 0. The molecule has 1 aliphatic heterocycles. The van der Waals surface area contributed by atoms with Gasteiger partial charge in [0.25, 0.3) is 0 Å². The first-order chi connectivity index (χ1) is 8.16. The van der Waals surface area contributed by atoms with Gasteiger partial charge >= 0.3 is 6.09 Å². The third-order valence-electron chi connectivity index (χ3n) is 2.86. The van der Waals surface area contributed by atoms with Crippen LogP contribution < -0.4 is 9.64 Å². The maximum atomic E-state index is 11.4. The molecular weight excluding hydrogens is 216 g/mol. The van der Waals surface area contributed by atoms with Gasteiger partial charge in [-0.2, -0.15) is 0 Å². The predicted molar refractivity (Wildman–Crippen MR) is 67.6 cm³/mol. The Morgan fingerprint density at radius 1 is 1.29 bits per heavy atom. The largest absolute Gasteiger partial charge is 0.414 e. The summed E-state index contributed by atoms with van der Waals surface area (Å²) in [5.41, 5.74) is 1.13. The summed E-state index contributed by atoms with van der Waals surface area (Å²) in [5.74, 6) is 0.605. The van der Waals surface area contributed by atoms with Gasteiger partial charge in [-0.1, -0.05) is 6.07 Å². The second kappa shape index (κ2) is 5.08. The fourth-order valence-electron chi connectivity index (χ4n) is 1.91. The topological polar surface area (TPSA) is 32.8 Å². The van der Waals surface area contributed by atoms with E-state index in [1.807, 2.05) is 12.1 Å². The monoisotopic (exact) mass is 234 g/mol. The number of ether oxygens (including phenoxy) is 1. The van der Waals surface area contributed by atoms with Crippen LogP contribution in [0, 0.1) is 0 Å². The van der Waals surface area contributed by atoms with E-state index in [-0.39, 0.29) is 6.09 Å². The Labute approximate surface area is 102 Å². The van der Waals surface area contributed by atoms with Crippen LogP contribution in [0.5, 0.6) is 5.75 Å². The average molecular weight is 234 g/mol. The van der Waals surface area contributed by atoms with E-state index in [1.165, 1.54) is 17.7 Å². The number of carbonyl (C=O) groups excluding carboxylic acids is 1. The molecule has 1 aliphatic rings. The van der Waals surface area contributed by atoms with E-state index in [0.29, 0.717) is 5.75 Å². The lowest BCUT2D eigenvalue weighted by atomic mass is 10.3. The minimum absolute atomic E-state index is 0.344. The quantitative estimate of drug-likeness (QED) is 0.787. The smallest absolute Gasteiger partial charge is 0.410 e. The second-order valence-corrected chi connectivity index (χ2v) is 4.45. The molecule has 1 fully saturated rings. The third kappa shape index (κ3) is 2.90. The molecule has 92 valence electrons. The minimum atomic E-state index is -0.344. The second-order valence-electron chi connectivity index (χ2n) is 4.45. The lowest BCUT2D eigenvalue weighted by Crippen LogP contribution is -2.25. The summed E-state index contributed by atoms with van der Waals surface area (Å²) in [6.07, 6.45) is 2.13. The lowest BCUT2D eigenvalue weighted by Gasteiger charge is -2.18. The maximum absolute atomic E-state index is 11.4. The zero-order chi connectivity index (χ0) is 12.3. The van der Waals surface area contributed by atoms with Gasteiger partial charge in [-0.05, 0) is 25.0 Å². The van der Waals surface area contributed by atoms with Crippen molar-refractivity contribution in [3.8, 4) is 5.75 Å². The maximum Gasteiger partial charge on any atom is 0.414 e. The Bertz CT molecular complexity index is 398. The van der Waals surface area contributed by atoms with Crippen molar-refractivity contribution in [3.05, 3.63) is 24.3 Å². The van der Waals surface area contributed by atoms with Crippen LogP contribution in [0.3, 0.4) is 0 Å².